The Hall–Kier alpha value is -2.45. The molecule has 2 aromatic rings. The van der Waals surface area contributed by atoms with E-state index in [4.69, 9.17) is 5.73 Å². The Morgan fingerprint density at radius 1 is 1.16 bits per heavy atom. The van der Waals surface area contributed by atoms with Crippen molar-refractivity contribution in [3.05, 3.63) is 82.4 Å². The Kier molecular flexibility index (Phi) is 4.73. The van der Waals surface area contributed by atoms with E-state index >= 15 is 0 Å². The molecule has 1 aliphatic rings. The second kappa shape index (κ2) is 6.81. The van der Waals surface area contributed by atoms with Gasteiger partial charge in [-0.15, -0.1) is 0 Å². The minimum Gasteiger partial charge on any atom is -0.326 e. The molecule has 0 amide bonds. The van der Waals surface area contributed by atoms with Crippen LogP contribution >= 0.6 is 0 Å². The lowest BCUT2D eigenvalue weighted by atomic mass is 9.71. The summed E-state index contributed by atoms with van der Waals surface area (Å²) in [5.41, 5.74) is 14.1. The van der Waals surface area contributed by atoms with Crippen LogP contribution in [0, 0.1) is 0 Å². The van der Waals surface area contributed by atoms with E-state index in [1.54, 1.807) is 6.08 Å². The van der Waals surface area contributed by atoms with Gasteiger partial charge in [0.1, 0.15) is 6.29 Å². The maximum Gasteiger partial charge on any atom is 0.143 e. The van der Waals surface area contributed by atoms with Crippen LogP contribution in [0.2, 0.25) is 0 Å². The van der Waals surface area contributed by atoms with Gasteiger partial charge in [-0.05, 0) is 69.9 Å². The molecule has 128 valence electrons. The Labute approximate surface area is 150 Å². The second-order valence-electron chi connectivity index (χ2n) is 7.35. The van der Waals surface area contributed by atoms with Crippen LogP contribution in [0.4, 0.5) is 0 Å². The highest BCUT2D eigenvalue weighted by Crippen LogP contribution is 2.42. The van der Waals surface area contributed by atoms with Crippen molar-refractivity contribution in [2.24, 2.45) is 5.73 Å². The maximum atomic E-state index is 10.8. The minimum absolute atomic E-state index is 0.108. The molecular formula is C23H25NO. The summed E-state index contributed by atoms with van der Waals surface area (Å²) in [6.45, 7) is 7.10. The van der Waals surface area contributed by atoms with Gasteiger partial charge in [-0.2, -0.15) is 0 Å². The second-order valence-corrected chi connectivity index (χ2v) is 7.35. The summed E-state index contributed by atoms with van der Waals surface area (Å²) in [5.74, 6) is 0. The van der Waals surface area contributed by atoms with Gasteiger partial charge >= 0.3 is 0 Å². The van der Waals surface area contributed by atoms with Crippen molar-refractivity contribution in [1.29, 1.82) is 0 Å². The molecule has 1 aliphatic carbocycles. The summed E-state index contributed by atoms with van der Waals surface area (Å²) in [4.78, 5) is 10.8. The molecule has 0 bridgehead atoms. The molecule has 2 N–H and O–H groups in total. The number of rotatable bonds is 4. The predicted molar refractivity (Wildman–Crippen MR) is 105 cm³/mol. The van der Waals surface area contributed by atoms with E-state index in [-0.39, 0.29) is 5.41 Å². The standard InChI is InChI=1S/C23H25NO/c1-16(11-13-25)19-8-9-22-21(14-19)20(10-12-23(22,2)3)18-6-4-17(15-24)5-7-18/h4-11,13-14H,12,15,24H2,1-3H3/b16-11+. The number of hydrogen-bond donors (Lipinski definition) is 1. The maximum absolute atomic E-state index is 10.8. The van der Waals surface area contributed by atoms with Gasteiger partial charge in [-0.25, -0.2) is 0 Å². The van der Waals surface area contributed by atoms with Crippen molar-refractivity contribution in [2.75, 3.05) is 0 Å². The summed E-state index contributed by atoms with van der Waals surface area (Å²) < 4.78 is 0. The lowest BCUT2D eigenvalue weighted by Crippen LogP contribution is -2.22. The van der Waals surface area contributed by atoms with Crippen molar-refractivity contribution in [3.8, 4) is 0 Å². The van der Waals surface area contributed by atoms with E-state index in [1.807, 2.05) is 6.92 Å². The van der Waals surface area contributed by atoms with E-state index in [1.165, 1.54) is 22.3 Å². The minimum atomic E-state index is 0.108. The molecule has 3 rings (SSSR count). The molecule has 25 heavy (non-hydrogen) atoms. The topological polar surface area (TPSA) is 43.1 Å². The lowest BCUT2D eigenvalue weighted by Gasteiger charge is -2.33. The van der Waals surface area contributed by atoms with E-state index in [0.717, 1.165) is 29.4 Å². The van der Waals surface area contributed by atoms with Crippen LogP contribution in [0.15, 0.2) is 54.6 Å². The van der Waals surface area contributed by atoms with Gasteiger partial charge in [-0.3, -0.25) is 4.79 Å². The van der Waals surface area contributed by atoms with Crippen molar-refractivity contribution in [1.82, 2.24) is 0 Å². The van der Waals surface area contributed by atoms with Crippen LogP contribution in [0.1, 0.15) is 55.0 Å². The highest BCUT2D eigenvalue weighted by molar-refractivity contribution is 5.87. The molecule has 2 heteroatoms. The van der Waals surface area contributed by atoms with Crippen LogP contribution < -0.4 is 5.73 Å². The third-order valence-corrected chi connectivity index (χ3v) is 5.13. The third kappa shape index (κ3) is 3.35. The fraction of sp³-hybridized carbons (Fsp3) is 0.261. The molecule has 0 unspecified atom stereocenters. The molecule has 0 radical (unpaired) electrons. The summed E-state index contributed by atoms with van der Waals surface area (Å²) >= 11 is 0. The Balaban J connectivity index is 2.14. The molecule has 2 aromatic carbocycles. The van der Waals surface area contributed by atoms with Gasteiger partial charge in [0.25, 0.3) is 0 Å². The van der Waals surface area contributed by atoms with Gasteiger partial charge in [0.2, 0.25) is 0 Å². The molecular weight excluding hydrogens is 306 g/mol. The van der Waals surface area contributed by atoms with Crippen LogP contribution in [0.25, 0.3) is 11.1 Å². The number of fused-ring (bicyclic) bond motifs is 1. The number of allylic oxidation sites excluding steroid dienone is 3. The van der Waals surface area contributed by atoms with Gasteiger partial charge in [0.05, 0.1) is 0 Å². The molecule has 0 spiro atoms. The number of benzene rings is 2. The van der Waals surface area contributed by atoms with Crippen LogP contribution in [-0.4, -0.2) is 6.29 Å². The van der Waals surface area contributed by atoms with Gasteiger partial charge < -0.3 is 5.73 Å². The van der Waals surface area contributed by atoms with E-state index < -0.39 is 0 Å². The average molecular weight is 331 g/mol. The van der Waals surface area contributed by atoms with Crippen molar-refractivity contribution in [2.45, 2.75) is 39.2 Å². The molecule has 0 aliphatic heterocycles. The van der Waals surface area contributed by atoms with Crippen molar-refractivity contribution < 1.29 is 4.79 Å². The van der Waals surface area contributed by atoms with Gasteiger partial charge in [0, 0.05) is 6.54 Å². The molecule has 0 saturated carbocycles. The number of hydrogen-bond acceptors (Lipinski definition) is 2. The normalized spacial score (nSPS) is 16.2. The zero-order valence-electron chi connectivity index (χ0n) is 15.2. The monoisotopic (exact) mass is 331 g/mol. The summed E-state index contributed by atoms with van der Waals surface area (Å²) in [6.07, 6.45) is 5.81. The highest BCUT2D eigenvalue weighted by Gasteiger charge is 2.28. The number of carbonyl (C=O) groups is 1. The first-order valence-corrected chi connectivity index (χ1v) is 8.73. The first kappa shape index (κ1) is 17.4. The highest BCUT2D eigenvalue weighted by atomic mass is 16.1. The molecule has 2 nitrogen and oxygen atoms in total. The number of nitrogens with two attached hydrogens (primary N) is 1. The molecule has 0 aromatic heterocycles. The van der Waals surface area contributed by atoms with Gasteiger partial charge in [-0.1, -0.05) is 56.3 Å². The molecule has 0 heterocycles. The molecule has 0 fully saturated rings. The largest absolute Gasteiger partial charge is 0.326 e. The lowest BCUT2D eigenvalue weighted by molar-refractivity contribution is -0.104. The van der Waals surface area contributed by atoms with Crippen molar-refractivity contribution in [3.63, 3.8) is 0 Å². The number of carbonyl (C=O) groups excluding carboxylic acids is 1. The Morgan fingerprint density at radius 2 is 1.88 bits per heavy atom. The van der Waals surface area contributed by atoms with Crippen LogP contribution in [0.3, 0.4) is 0 Å². The first-order valence-electron chi connectivity index (χ1n) is 8.73. The zero-order chi connectivity index (χ0) is 18.0. The fourth-order valence-electron chi connectivity index (χ4n) is 3.47. The Bertz CT molecular complexity index is 854. The first-order chi connectivity index (χ1) is 12.0. The zero-order valence-corrected chi connectivity index (χ0v) is 15.2. The van der Waals surface area contributed by atoms with Crippen LogP contribution in [-0.2, 0) is 16.8 Å². The van der Waals surface area contributed by atoms with Crippen molar-refractivity contribution >= 4 is 17.4 Å². The average Bonchev–Trinajstić information content (AvgIpc) is 2.62. The number of aldehydes is 1. The third-order valence-electron chi connectivity index (χ3n) is 5.13. The summed E-state index contributed by atoms with van der Waals surface area (Å²) in [7, 11) is 0. The molecule has 0 atom stereocenters. The smallest absolute Gasteiger partial charge is 0.143 e. The van der Waals surface area contributed by atoms with Crippen LogP contribution in [0.5, 0.6) is 0 Å². The van der Waals surface area contributed by atoms with E-state index in [0.29, 0.717) is 6.54 Å². The fourth-order valence-corrected chi connectivity index (χ4v) is 3.47. The quantitative estimate of drug-likeness (QED) is 0.642. The van der Waals surface area contributed by atoms with E-state index in [9.17, 15) is 4.79 Å². The molecule has 0 saturated heterocycles. The summed E-state index contributed by atoms with van der Waals surface area (Å²) in [5, 5.41) is 0. The predicted octanol–water partition coefficient (Wildman–Crippen LogP) is 4.86. The Morgan fingerprint density at radius 3 is 2.52 bits per heavy atom. The van der Waals surface area contributed by atoms with E-state index in [2.05, 4.69) is 62.4 Å². The summed E-state index contributed by atoms with van der Waals surface area (Å²) in [6, 6.07) is 15.0. The van der Waals surface area contributed by atoms with Gasteiger partial charge in [0.15, 0.2) is 0 Å². The SMILES string of the molecule is C/C(=C\C=O)c1ccc2c(c1)C(c1ccc(CN)cc1)=CCC2(C)C.